The highest BCUT2D eigenvalue weighted by Gasteiger charge is 2.14. The van der Waals surface area contributed by atoms with Crippen molar-refractivity contribution in [2.24, 2.45) is 5.73 Å². The van der Waals surface area contributed by atoms with Crippen LogP contribution in [0.1, 0.15) is 5.56 Å². The zero-order valence-electron chi connectivity index (χ0n) is 9.29. The highest BCUT2D eigenvalue weighted by Crippen LogP contribution is 2.15. The molecule has 1 aromatic rings. The van der Waals surface area contributed by atoms with E-state index in [2.05, 4.69) is 5.32 Å². The Morgan fingerprint density at radius 2 is 2.31 bits per heavy atom. The van der Waals surface area contributed by atoms with Crippen molar-refractivity contribution in [1.29, 1.82) is 0 Å². The maximum Gasteiger partial charge on any atom is 0.243 e. The summed E-state index contributed by atoms with van der Waals surface area (Å²) in [6.45, 7) is 1.91. The molecule has 1 rings (SSSR count). The van der Waals surface area contributed by atoms with Gasteiger partial charge < -0.3 is 15.8 Å². The largest absolute Gasteiger partial charge is 0.383 e. The third-order valence-corrected chi connectivity index (χ3v) is 2.06. The number of nitrogens with one attached hydrogen (secondary N) is 1. The number of rotatable bonds is 4. The van der Waals surface area contributed by atoms with E-state index in [1.807, 2.05) is 6.92 Å². The lowest BCUT2D eigenvalue weighted by Crippen LogP contribution is -2.39. The minimum Gasteiger partial charge on any atom is -0.383 e. The minimum absolute atomic E-state index is 0.0965. The molecule has 0 saturated carbocycles. The molecule has 16 heavy (non-hydrogen) atoms. The molecule has 0 heterocycles. The first kappa shape index (κ1) is 12.6. The predicted molar refractivity (Wildman–Crippen MR) is 59.6 cm³/mol. The van der Waals surface area contributed by atoms with E-state index in [0.29, 0.717) is 0 Å². The van der Waals surface area contributed by atoms with Crippen LogP contribution in [0.2, 0.25) is 0 Å². The first-order valence-corrected chi connectivity index (χ1v) is 4.86. The molecule has 0 aliphatic carbocycles. The number of benzene rings is 1. The van der Waals surface area contributed by atoms with Crippen LogP contribution < -0.4 is 11.1 Å². The monoisotopic (exact) mass is 226 g/mol. The summed E-state index contributed by atoms with van der Waals surface area (Å²) in [5, 5.41) is 2.42. The van der Waals surface area contributed by atoms with Gasteiger partial charge >= 0.3 is 0 Å². The molecular formula is C11H15FN2O2. The summed E-state index contributed by atoms with van der Waals surface area (Å²) in [7, 11) is 1.44. The molecule has 0 spiro atoms. The average Bonchev–Trinajstić information content (AvgIpc) is 2.23. The molecule has 0 bridgehead atoms. The number of ether oxygens (including phenoxy) is 1. The maximum atomic E-state index is 13.3. The van der Waals surface area contributed by atoms with Crippen molar-refractivity contribution in [3.8, 4) is 0 Å². The van der Waals surface area contributed by atoms with Gasteiger partial charge in [0.25, 0.3) is 0 Å². The molecule has 5 heteroatoms. The van der Waals surface area contributed by atoms with Crippen molar-refractivity contribution in [2.75, 3.05) is 19.0 Å². The number of nitrogens with two attached hydrogens (primary N) is 1. The van der Waals surface area contributed by atoms with Crippen molar-refractivity contribution < 1.29 is 13.9 Å². The summed E-state index contributed by atoms with van der Waals surface area (Å²) in [5.74, 6) is -0.949. The van der Waals surface area contributed by atoms with Crippen LogP contribution in [0.5, 0.6) is 0 Å². The zero-order valence-corrected chi connectivity index (χ0v) is 9.29. The number of hydrogen-bond acceptors (Lipinski definition) is 3. The van der Waals surface area contributed by atoms with Gasteiger partial charge in [0, 0.05) is 7.11 Å². The van der Waals surface area contributed by atoms with E-state index in [4.69, 9.17) is 10.5 Å². The summed E-state index contributed by atoms with van der Waals surface area (Å²) < 4.78 is 18.0. The van der Waals surface area contributed by atoms with Crippen LogP contribution >= 0.6 is 0 Å². The van der Waals surface area contributed by atoms with Crippen LogP contribution in [-0.2, 0) is 9.53 Å². The zero-order chi connectivity index (χ0) is 12.1. The maximum absolute atomic E-state index is 13.3. The fraction of sp³-hybridized carbons (Fsp3) is 0.364. The number of carbonyl (C=O) groups excluding carboxylic acids is 1. The molecule has 0 fully saturated rings. The molecule has 0 radical (unpaired) electrons. The Bertz CT molecular complexity index is 382. The lowest BCUT2D eigenvalue weighted by Gasteiger charge is -2.12. The smallest absolute Gasteiger partial charge is 0.243 e. The Morgan fingerprint density at radius 3 is 2.94 bits per heavy atom. The van der Waals surface area contributed by atoms with E-state index in [1.165, 1.54) is 13.2 Å². The average molecular weight is 226 g/mol. The van der Waals surface area contributed by atoms with Crippen LogP contribution in [0.4, 0.5) is 10.1 Å². The summed E-state index contributed by atoms with van der Waals surface area (Å²) in [6, 6.07) is 3.67. The van der Waals surface area contributed by atoms with Gasteiger partial charge in [-0.15, -0.1) is 0 Å². The van der Waals surface area contributed by atoms with E-state index in [0.717, 1.165) is 5.56 Å². The minimum atomic E-state index is -0.801. The second-order valence-corrected chi connectivity index (χ2v) is 3.53. The van der Waals surface area contributed by atoms with E-state index < -0.39 is 17.8 Å². The second-order valence-electron chi connectivity index (χ2n) is 3.53. The van der Waals surface area contributed by atoms with Crippen LogP contribution in [0.3, 0.4) is 0 Å². The molecule has 3 N–H and O–H groups in total. The Kier molecular flexibility index (Phi) is 4.39. The number of amides is 1. The van der Waals surface area contributed by atoms with Crippen LogP contribution in [-0.4, -0.2) is 25.7 Å². The molecule has 1 aromatic carbocycles. The van der Waals surface area contributed by atoms with Crippen LogP contribution in [0.15, 0.2) is 18.2 Å². The van der Waals surface area contributed by atoms with E-state index in [1.54, 1.807) is 12.1 Å². The van der Waals surface area contributed by atoms with Gasteiger partial charge in [-0.3, -0.25) is 4.79 Å². The van der Waals surface area contributed by atoms with Gasteiger partial charge in [0.15, 0.2) is 0 Å². The lowest BCUT2D eigenvalue weighted by atomic mass is 10.2. The number of carbonyl (C=O) groups is 1. The quantitative estimate of drug-likeness (QED) is 0.806. The van der Waals surface area contributed by atoms with Gasteiger partial charge in [0.1, 0.15) is 11.9 Å². The Morgan fingerprint density at radius 1 is 1.62 bits per heavy atom. The third-order valence-electron chi connectivity index (χ3n) is 2.06. The Labute approximate surface area is 93.6 Å². The standard InChI is InChI=1S/C11H15FN2O2/c1-7-3-4-8(12)10(5-7)14-11(15)9(13)6-16-2/h3-5,9H,6,13H2,1-2H3,(H,14,15). The van der Waals surface area contributed by atoms with Gasteiger partial charge in [-0.05, 0) is 24.6 Å². The molecule has 4 nitrogen and oxygen atoms in total. The van der Waals surface area contributed by atoms with Crippen molar-refractivity contribution >= 4 is 11.6 Å². The summed E-state index contributed by atoms with van der Waals surface area (Å²) >= 11 is 0. The summed E-state index contributed by atoms with van der Waals surface area (Å²) in [4.78, 5) is 11.5. The number of anilines is 1. The topological polar surface area (TPSA) is 64.3 Å². The molecular weight excluding hydrogens is 211 g/mol. The van der Waals surface area contributed by atoms with E-state index in [-0.39, 0.29) is 12.3 Å². The highest BCUT2D eigenvalue weighted by atomic mass is 19.1. The number of methoxy groups -OCH3 is 1. The molecule has 88 valence electrons. The molecule has 0 aliphatic rings. The predicted octanol–water partition coefficient (Wildman–Crippen LogP) is 1.05. The van der Waals surface area contributed by atoms with Gasteiger partial charge in [-0.1, -0.05) is 6.07 Å². The van der Waals surface area contributed by atoms with E-state index >= 15 is 0 Å². The van der Waals surface area contributed by atoms with Crippen molar-refractivity contribution in [2.45, 2.75) is 13.0 Å². The number of halogens is 1. The molecule has 1 unspecified atom stereocenters. The number of aryl methyl sites for hydroxylation is 1. The first-order chi connectivity index (χ1) is 7.54. The fourth-order valence-electron chi connectivity index (χ4n) is 1.22. The SMILES string of the molecule is COCC(N)C(=O)Nc1cc(C)ccc1F. The summed E-state index contributed by atoms with van der Waals surface area (Å²) in [6.07, 6.45) is 0. The third kappa shape index (κ3) is 3.29. The summed E-state index contributed by atoms with van der Waals surface area (Å²) in [5.41, 5.74) is 6.50. The normalized spacial score (nSPS) is 12.2. The molecule has 0 saturated heterocycles. The van der Waals surface area contributed by atoms with Crippen LogP contribution in [0.25, 0.3) is 0 Å². The molecule has 0 aromatic heterocycles. The van der Waals surface area contributed by atoms with Gasteiger partial charge in [-0.25, -0.2) is 4.39 Å². The Hall–Kier alpha value is -1.46. The second kappa shape index (κ2) is 5.58. The van der Waals surface area contributed by atoms with Gasteiger partial charge in [0.05, 0.1) is 12.3 Å². The lowest BCUT2D eigenvalue weighted by molar-refractivity contribution is -0.118. The van der Waals surface area contributed by atoms with Crippen molar-refractivity contribution in [1.82, 2.24) is 0 Å². The highest BCUT2D eigenvalue weighted by molar-refractivity contribution is 5.94. The number of hydrogen-bond donors (Lipinski definition) is 2. The molecule has 0 aliphatic heterocycles. The van der Waals surface area contributed by atoms with E-state index in [9.17, 15) is 9.18 Å². The fourth-order valence-corrected chi connectivity index (χ4v) is 1.22. The van der Waals surface area contributed by atoms with Crippen LogP contribution in [0, 0.1) is 12.7 Å². The van der Waals surface area contributed by atoms with Gasteiger partial charge in [0.2, 0.25) is 5.91 Å². The molecule has 1 amide bonds. The molecule has 1 atom stereocenters. The van der Waals surface area contributed by atoms with Crippen molar-refractivity contribution in [3.63, 3.8) is 0 Å². The Balaban J connectivity index is 2.72. The first-order valence-electron chi connectivity index (χ1n) is 4.86. The van der Waals surface area contributed by atoms with Gasteiger partial charge in [-0.2, -0.15) is 0 Å². The van der Waals surface area contributed by atoms with Crippen molar-refractivity contribution in [3.05, 3.63) is 29.6 Å².